The molecule has 0 bridgehead atoms. The minimum atomic E-state index is -1.19. The Bertz CT molecular complexity index is 558. The molecule has 3 heteroatoms. The molecule has 0 spiro atoms. The predicted octanol–water partition coefficient (Wildman–Crippen LogP) is 4.18. The molecule has 2 rings (SSSR count). The number of hydrogen-bond donors (Lipinski definition) is 1. The van der Waals surface area contributed by atoms with E-state index in [-0.39, 0.29) is 0 Å². The van der Waals surface area contributed by atoms with Gasteiger partial charge >= 0.3 is 0 Å². The Balaban J connectivity index is 1.90. The van der Waals surface area contributed by atoms with Crippen molar-refractivity contribution in [1.82, 2.24) is 5.32 Å². The summed E-state index contributed by atoms with van der Waals surface area (Å²) in [5, 5.41) is 5.78. The second-order valence-electron chi connectivity index (χ2n) is 6.14. The van der Waals surface area contributed by atoms with Crippen molar-refractivity contribution in [3.63, 3.8) is 0 Å². The van der Waals surface area contributed by atoms with E-state index in [4.69, 9.17) is 11.6 Å². The molecule has 20 heavy (non-hydrogen) atoms. The summed E-state index contributed by atoms with van der Waals surface area (Å²) in [5.41, 5.74) is 2.46. The Morgan fingerprint density at radius 3 is 2.15 bits per heavy atom. The average Bonchev–Trinajstić information content (AvgIpc) is 2.40. The van der Waals surface area contributed by atoms with Crippen LogP contribution in [0.15, 0.2) is 48.5 Å². The summed E-state index contributed by atoms with van der Waals surface area (Å²) in [4.78, 5) is 0. The van der Waals surface area contributed by atoms with Crippen molar-refractivity contribution in [2.75, 3.05) is 0 Å². The van der Waals surface area contributed by atoms with Gasteiger partial charge in [0.2, 0.25) is 0 Å². The zero-order chi connectivity index (χ0) is 14.6. The molecular formula is C17H22ClNSi. The highest BCUT2D eigenvalue weighted by Gasteiger charge is 2.15. The van der Waals surface area contributed by atoms with Crippen molar-refractivity contribution in [2.45, 2.75) is 32.7 Å². The van der Waals surface area contributed by atoms with Gasteiger partial charge in [-0.1, -0.05) is 78.9 Å². The van der Waals surface area contributed by atoms with Gasteiger partial charge in [0.1, 0.15) is 0 Å². The second kappa shape index (κ2) is 6.57. The smallest absolute Gasteiger partial charge is 0.0775 e. The molecular weight excluding hydrogens is 282 g/mol. The molecule has 0 saturated heterocycles. The van der Waals surface area contributed by atoms with E-state index in [9.17, 15) is 0 Å². The number of nitrogens with one attached hydrogen (secondary N) is 1. The van der Waals surface area contributed by atoms with Gasteiger partial charge in [-0.2, -0.15) is 0 Å². The predicted molar refractivity (Wildman–Crippen MR) is 91.4 cm³/mol. The fourth-order valence-corrected chi connectivity index (χ4v) is 3.48. The van der Waals surface area contributed by atoms with E-state index in [1.54, 1.807) is 0 Å². The lowest BCUT2D eigenvalue weighted by atomic mass is 10.2. The normalized spacial score (nSPS) is 11.6. The molecule has 2 aromatic carbocycles. The molecule has 0 fully saturated rings. The molecule has 0 heterocycles. The first-order chi connectivity index (χ1) is 9.47. The van der Waals surface area contributed by atoms with Gasteiger partial charge in [-0.05, 0) is 17.2 Å². The Morgan fingerprint density at radius 1 is 0.900 bits per heavy atom. The molecule has 0 saturated carbocycles. The van der Waals surface area contributed by atoms with Crippen LogP contribution in [0.2, 0.25) is 24.7 Å². The lowest BCUT2D eigenvalue weighted by molar-refractivity contribution is 0.693. The van der Waals surface area contributed by atoms with Gasteiger partial charge in [0, 0.05) is 18.1 Å². The van der Waals surface area contributed by atoms with Gasteiger partial charge < -0.3 is 5.32 Å². The average molecular weight is 304 g/mol. The summed E-state index contributed by atoms with van der Waals surface area (Å²) in [6.07, 6.45) is 0. The second-order valence-corrected chi connectivity index (χ2v) is 11.6. The highest BCUT2D eigenvalue weighted by Crippen LogP contribution is 2.14. The van der Waals surface area contributed by atoms with E-state index in [1.165, 1.54) is 10.8 Å². The standard InChI is InChI=1S/C17H22ClNSi/c1-20(2,3)16-10-8-14(9-11-16)12-19-13-15-6-4-5-7-17(15)18/h4-11,19H,12-13H2,1-3H3. The monoisotopic (exact) mass is 303 g/mol. The third-order valence-electron chi connectivity index (χ3n) is 3.42. The summed E-state index contributed by atoms with van der Waals surface area (Å²) in [5.74, 6) is 0. The number of rotatable bonds is 5. The fraction of sp³-hybridized carbons (Fsp3) is 0.294. The topological polar surface area (TPSA) is 12.0 Å². The van der Waals surface area contributed by atoms with Crippen LogP contribution in [0.4, 0.5) is 0 Å². The van der Waals surface area contributed by atoms with Crippen LogP contribution in [-0.4, -0.2) is 8.07 Å². The molecule has 0 aliphatic rings. The summed E-state index contributed by atoms with van der Waals surface area (Å²) in [6.45, 7) is 8.79. The minimum absolute atomic E-state index is 0.801. The Labute approximate surface area is 128 Å². The molecule has 0 unspecified atom stereocenters. The van der Waals surface area contributed by atoms with Crippen LogP contribution < -0.4 is 10.5 Å². The third kappa shape index (κ3) is 4.20. The number of hydrogen-bond acceptors (Lipinski definition) is 1. The summed E-state index contributed by atoms with van der Waals surface area (Å²) >= 11 is 6.14. The molecule has 0 amide bonds. The van der Waals surface area contributed by atoms with Gasteiger partial charge in [-0.25, -0.2) is 0 Å². The number of halogens is 1. The molecule has 0 aromatic heterocycles. The maximum absolute atomic E-state index is 6.14. The molecule has 0 radical (unpaired) electrons. The van der Waals surface area contributed by atoms with Crippen LogP contribution in [0.1, 0.15) is 11.1 Å². The maximum atomic E-state index is 6.14. The molecule has 0 atom stereocenters. The summed E-state index contributed by atoms with van der Waals surface area (Å²) < 4.78 is 0. The van der Waals surface area contributed by atoms with Crippen LogP contribution in [-0.2, 0) is 13.1 Å². The van der Waals surface area contributed by atoms with Crippen molar-refractivity contribution < 1.29 is 0 Å². The lowest BCUT2D eigenvalue weighted by Crippen LogP contribution is -2.37. The highest BCUT2D eigenvalue weighted by atomic mass is 35.5. The fourth-order valence-electron chi connectivity index (χ4n) is 2.11. The van der Waals surface area contributed by atoms with Crippen LogP contribution in [0.5, 0.6) is 0 Å². The van der Waals surface area contributed by atoms with E-state index >= 15 is 0 Å². The van der Waals surface area contributed by atoms with Crippen molar-refractivity contribution in [3.05, 3.63) is 64.7 Å². The zero-order valence-corrected chi connectivity index (χ0v) is 14.2. The molecule has 1 N–H and O–H groups in total. The van der Waals surface area contributed by atoms with Crippen molar-refractivity contribution >= 4 is 24.9 Å². The van der Waals surface area contributed by atoms with E-state index in [2.05, 4.69) is 55.3 Å². The molecule has 0 aliphatic heterocycles. The van der Waals surface area contributed by atoms with Crippen LogP contribution in [0.3, 0.4) is 0 Å². The van der Waals surface area contributed by atoms with E-state index < -0.39 is 8.07 Å². The van der Waals surface area contributed by atoms with Gasteiger partial charge in [-0.15, -0.1) is 0 Å². The van der Waals surface area contributed by atoms with Crippen LogP contribution >= 0.6 is 11.6 Å². The first kappa shape index (κ1) is 15.3. The van der Waals surface area contributed by atoms with E-state index in [0.29, 0.717) is 0 Å². The van der Waals surface area contributed by atoms with Gasteiger partial charge in [0.25, 0.3) is 0 Å². The Morgan fingerprint density at radius 2 is 1.55 bits per heavy atom. The van der Waals surface area contributed by atoms with Gasteiger partial charge in [0.15, 0.2) is 0 Å². The summed E-state index contributed by atoms with van der Waals surface area (Å²) in [6, 6.07) is 17.0. The SMILES string of the molecule is C[Si](C)(C)c1ccc(CNCc2ccccc2Cl)cc1. The highest BCUT2D eigenvalue weighted by molar-refractivity contribution is 6.88. The van der Waals surface area contributed by atoms with Gasteiger partial charge in [0.05, 0.1) is 8.07 Å². The summed E-state index contributed by atoms with van der Waals surface area (Å²) in [7, 11) is -1.19. The van der Waals surface area contributed by atoms with Gasteiger partial charge in [-0.3, -0.25) is 0 Å². The largest absolute Gasteiger partial charge is 0.309 e. The van der Waals surface area contributed by atoms with Crippen molar-refractivity contribution in [1.29, 1.82) is 0 Å². The zero-order valence-electron chi connectivity index (χ0n) is 12.4. The quantitative estimate of drug-likeness (QED) is 0.817. The first-order valence-electron chi connectivity index (χ1n) is 7.00. The Kier molecular flexibility index (Phi) is 5.03. The third-order valence-corrected chi connectivity index (χ3v) is 5.86. The van der Waals surface area contributed by atoms with Crippen LogP contribution in [0.25, 0.3) is 0 Å². The van der Waals surface area contributed by atoms with Crippen molar-refractivity contribution in [3.8, 4) is 0 Å². The first-order valence-corrected chi connectivity index (χ1v) is 10.9. The molecule has 106 valence electrons. The number of benzene rings is 2. The van der Waals surface area contributed by atoms with E-state index in [1.807, 2.05) is 18.2 Å². The maximum Gasteiger partial charge on any atom is 0.0775 e. The molecule has 0 aliphatic carbocycles. The minimum Gasteiger partial charge on any atom is -0.309 e. The van der Waals surface area contributed by atoms with Crippen LogP contribution in [0, 0.1) is 0 Å². The van der Waals surface area contributed by atoms with Crippen molar-refractivity contribution in [2.24, 2.45) is 0 Å². The Hall–Kier alpha value is -1.09. The van der Waals surface area contributed by atoms with E-state index in [0.717, 1.165) is 23.7 Å². The molecule has 1 nitrogen and oxygen atoms in total. The lowest BCUT2D eigenvalue weighted by Gasteiger charge is -2.16. The molecule has 2 aromatic rings.